The van der Waals surface area contributed by atoms with Gasteiger partial charge in [0.1, 0.15) is 12.3 Å². The van der Waals surface area contributed by atoms with Crippen LogP contribution in [0, 0.1) is 0 Å². The highest BCUT2D eigenvalue weighted by Gasteiger charge is 2.12. The van der Waals surface area contributed by atoms with Gasteiger partial charge in [0, 0.05) is 46.6 Å². The lowest BCUT2D eigenvalue weighted by Gasteiger charge is -2.23. The molecule has 0 aliphatic heterocycles. The summed E-state index contributed by atoms with van der Waals surface area (Å²) in [7, 11) is 9.01. The van der Waals surface area contributed by atoms with Gasteiger partial charge >= 0.3 is 0 Å². The molecule has 0 saturated heterocycles. The molecule has 1 aromatic heterocycles. The molecule has 29 heavy (non-hydrogen) atoms. The number of benzene rings is 1. The molecule has 1 amide bonds. The average Bonchev–Trinajstić information content (AvgIpc) is 3.01. The topological polar surface area (TPSA) is 62.1 Å². The number of ether oxygens (including phenoxy) is 1. The van der Waals surface area contributed by atoms with Crippen LogP contribution in [0.3, 0.4) is 0 Å². The van der Waals surface area contributed by atoms with Crippen LogP contribution in [0.15, 0.2) is 41.5 Å². The minimum atomic E-state index is -0.0465. The maximum atomic E-state index is 12.0. The number of likely N-dealkylation sites (N-methyl/N-ethyl adjacent to an activating group) is 1. The normalized spacial score (nSPS) is 11.3. The minimum absolute atomic E-state index is 0.0465. The highest BCUT2D eigenvalue weighted by atomic mass is 35.5. The summed E-state index contributed by atoms with van der Waals surface area (Å²) in [6.45, 7) is 1.41. The van der Waals surface area contributed by atoms with Crippen LogP contribution in [0.4, 0.5) is 0 Å². The molecule has 7 nitrogen and oxygen atoms in total. The number of rotatable bonds is 8. The highest BCUT2D eigenvalue weighted by molar-refractivity contribution is 6.30. The van der Waals surface area contributed by atoms with Gasteiger partial charge in [-0.1, -0.05) is 23.7 Å². The predicted molar refractivity (Wildman–Crippen MR) is 118 cm³/mol. The molecular formula is C21H30ClN5O2. The van der Waals surface area contributed by atoms with Crippen LogP contribution in [-0.2, 0) is 24.8 Å². The molecule has 1 heterocycles. The number of nitrogens with one attached hydrogen (secondary N) is 1. The third kappa shape index (κ3) is 7.02. The lowest BCUT2D eigenvalue weighted by Crippen LogP contribution is -2.40. The van der Waals surface area contributed by atoms with Crippen molar-refractivity contribution in [2.75, 3.05) is 41.3 Å². The Bertz CT molecular complexity index is 830. The van der Waals surface area contributed by atoms with E-state index in [1.807, 2.05) is 60.1 Å². The van der Waals surface area contributed by atoms with E-state index in [9.17, 15) is 4.79 Å². The van der Waals surface area contributed by atoms with Crippen LogP contribution in [0.25, 0.3) is 0 Å². The molecule has 2 aromatic rings. The lowest BCUT2D eigenvalue weighted by molar-refractivity contribution is -0.127. The smallest absolute Gasteiger partial charge is 0.243 e. The Morgan fingerprint density at radius 3 is 2.48 bits per heavy atom. The van der Waals surface area contributed by atoms with Crippen molar-refractivity contribution in [3.63, 3.8) is 0 Å². The number of hydrogen-bond acceptors (Lipinski definition) is 3. The first kappa shape index (κ1) is 22.6. The summed E-state index contributed by atoms with van der Waals surface area (Å²) in [5, 5.41) is 4.07. The number of carbonyl (C=O) groups excluding carboxylic acids is 1. The Morgan fingerprint density at radius 2 is 1.93 bits per heavy atom. The number of methoxy groups -OCH3 is 1. The summed E-state index contributed by atoms with van der Waals surface area (Å²) in [4.78, 5) is 20.0. The number of guanidine groups is 1. The number of amides is 1. The average molecular weight is 420 g/mol. The summed E-state index contributed by atoms with van der Waals surface area (Å²) in [6.07, 6.45) is 2.70. The third-order valence-electron chi connectivity index (χ3n) is 4.55. The molecule has 2 rings (SSSR count). The van der Waals surface area contributed by atoms with Crippen LogP contribution in [0.1, 0.15) is 11.3 Å². The SMILES string of the molecule is COc1ccc(CCNC(=NCC(=O)N(C)C)N(C)Cc2cc(Cl)cn2C)cc1. The lowest BCUT2D eigenvalue weighted by atomic mass is 10.1. The second-order valence-corrected chi connectivity index (χ2v) is 7.51. The van der Waals surface area contributed by atoms with Crippen LogP contribution in [0.2, 0.25) is 5.02 Å². The van der Waals surface area contributed by atoms with Crippen molar-refractivity contribution in [2.24, 2.45) is 12.0 Å². The molecule has 8 heteroatoms. The van der Waals surface area contributed by atoms with Gasteiger partial charge in [-0.3, -0.25) is 4.79 Å². The van der Waals surface area contributed by atoms with Gasteiger partial charge in [0.05, 0.1) is 18.7 Å². The number of aromatic nitrogens is 1. The Kier molecular flexibility index (Phi) is 8.39. The molecule has 0 aliphatic carbocycles. The van der Waals surface area contributed by atoms with Crippen LogP contribution in [-0.4, -0.2) is 67.6 Å². The van der Waals surface area contributed by atoms with Crippen LogP contribution in [0.5, 0.6) is 5.75 Å². The Labute approximate surface area is 177 Å². The van der Waals surface area contributed by atoms with Crippen molar-refractivity contribution < 1.29 is 9.53 Å². The number of aryl methyl sites for hydroxylation is 1. The fourth-order valence-corrected chi connectivity index (χ4v) is 3.02. The molecule has 0 bridgehead atoms. The summed E-state index contributed by atoms with van der Waals surface area (Å²) < 4.78 is 7.18. The maximum Gasteiger partial charge on any atom is 0.243 e. The van der Waals surface area contributed by atoms with E-state index in [-0.39, 0.29) is 12.5 Å². The van der Waals surface area contributed by atoms with Gasteiger partial charge in [0.25, 0.3) is 0 Å². The zero-order valence-corrected chi connectivity index (χ0v) is 18.5. The van der Waals surface area contributed by atoms with Gasteiger partial charge < -0.3 is 24.4 Å². The second-order valence-electron chi connectivity index (χ2n) is 7.07. The van der Waals surface area contributed by atoms with Gasteiger partial charge in [-0.05, 0) is 30.2 Å². The van der Waals surface area contributed by atoms with Crippen molar-refractivity contribution in [1.29, 1.82) is 0 Å². The van der Waals surface area contributed by atoms with E-state index in [0.29, 0.717) is 24.1 Å². The first-order chi connectivity index (χ1) is 13.8. The standard InChI is InChI=1S/C21H30ClN5O2/c1-25(2)20(28)13-24-21(27(4)15-18-12-17(22)14-26(18)3)23-11-10-16-6-8-19(29-5)9-7-16/h6-9,12,14H,10-11,13,15H2,1-5H3,(H,23,24). The van der Waals surface area contributed by atoms with Gasteiger partial charge in [-0.15, -0.1) is 0 Å². The van der Waals surface area contributed by atoms with Crippen molar-refractivity contribution in [1.82, 2.24) is 19.7 Å². The number of aliphatic imine (C=N–C) groups is 1. The minimum Gasteiger partial charge on any atom is -0.497 e. The summed E-state index contributed by atoms with van der Waals surface area (Å²) >= 11 is 6.09. The molecule has 1 N–H and O–H groups in total. The molecule has 0 fully saturated rings. The number of carbonyl (C=O) groups is 1. The molecule has 0 unspecified atom stereocenters. The van der Waals surface area contributed by atoms with Gasteiger partial charge in [0.2, 0.25) is 5.91 Å². The van der Waals surface area contributed by atoms with Crippen LogP contribution < -0.4 is 10.1 Å². The van der Waals surface area contributed by atoms with Gasteiger partial charge in [-0.25, -0.2) is 4.99 Å². The van der Waals surface area contributed by atoms with Gasteiger partial charge in [0.15, 0.2) is 5.96 Å². The summed E-state index contributed by atoms with van der Waals surface area (Å²) in [6, 6.07) is 9.92. The van der Waals surface area contributed by atoms with Gasteiger partial charge in [-0.2, -0.15) is 0 Å². The molecular weight excluding hydrogens is 390 g/mol. The van der Waals surface area contributed by atoms with Crippen molar-refractivity contribution in [3.05, 3.63) is 52.8 Å². The van der Waals surface area contributed by atoms with Crippen molar-refractivity contribution in [3.8, 4) is 5.75 Å². The Hall–Kier alpha value is -2.67. The number of hydrogen-bond donors (Lipinski definition) is 1. The zero-order valence-electron chi connectivity index (χ0n) is 17.8. The van der Waals surface area contributed by atoms with E-state index in [2.05, 4.69) is 10.3 Å². The van der Waals surface area contributed by atoms with E-state index in [0.717, 1.165) is 17.9 Å². The monoisotopic (exact) mass is 419 g/mol. The van der Waals surface area contributed by atoms with E-state index in [4.69, 9.17) is 16.3 Å². The van der Waals surface area contributed by atoms with E-state index >= 15 is 0 Å². The van der Waals surface area contributed by atoms with Crippen LogP contribution >= 0.6 is 11.6 Å². The van der Waals surface area contributed by atoms with Crippen molar-refractivity contribution in [2.45, 2.75) is 13.0 Å². The fourth-order valence-electron chi connectivity index (χ4n) is 2.75. The second kappa shape index (κ2) is 10.8. The third-order valence-corrected chi connectivity index (χ3v) is 4.76. The molecule has 0 aliphatic rings. The van der Waals surface area contributed by atoms with E-state index in [1.165, 1.54) is 10.5 Å². The maximum absolute atomic E-state index is 12.0. The summed E-state index contributed by atoms with van der Waals surface area (Å²) in [5.41, 5.74) is 2.25. The fraction of sp³-hybridized carbons (Fsp3) is 0.429. The number of halogens is 1. The predicted octanol–water partition coefficient (Wildman–Crippen LogP) is 2.40. The largest absolute Gasteiger partial charge is 0.497 e. The molecule has 158 valence electrons. The van der Waals surface area contributed by atoms with E-state index in [1.54, 1.807) is 21.2 Å². The quantitative estimate of drug-likeness (QED) is 0.527. The summed E-state index contributed by atoms with van der Waals surface area (Å²) in [5.74, 6) is 1.47. The van der Waals surface area contributed by atoms with Crippen molar-refractivity contribution >= 4 is 23.5 Å². The first-order valence-electron chi connectivity index (χ1n) is 9.43. The molecule has 0 radical (unpaired) electrons. The number of nitrogens with zero attached hydrogens (tertiary/aromatic N) is 4. The Balaban J connectivity index is 2.03. The Morgan fingerprint density at radius 1 is 1.24 bits per heavy atom. The zero-order chi connectivity index (χ0) is 21.4. The van der Waals surface area contributed by atoms with E-state index < -0.39 is 0 Å². The molecule has 0 atom stereocenters. The molecule has 0 spiro atoms. The molecule has 0 saturated carbocycles. The first-order valence-corrected chi connectivity index (χ1v) is 9.81. The highest BCUT2D eigenvalue weighted by Crippen LogP contribution is 2.14. The molecule has 1 aromatic carbocycles.